The van der Waals surface area contributed by atoms with Gasteiger partial charge in [-0.15, -0.1) is 0 Å². The number of hydrogen-bond donors (Lipinski definition) is 2. The highest BCUT2D eigenvalue weighted by atomic mass is 16.5. The van der Waals surface area contributed by atoms with Gasteiger partial charge in [-0.05, 0) is 25.5 Å². The number of benzene rings is 1. The molecule has 0 bridgehead atoms. The summed E-state index contributed by atoms with van der Waals surface area (Å²) in [7, 11) is 3.14. The third-order valence-electron chi connectivity index (χ3n) is 2.50. The molecule has 5 nitrogen and oxygen atoms in total. The number of aryl methyl sites for hydroxylation is 1. The fourth-order valence-corrected chi connectivity index (χ4v) is 1.64. The van der Waals surface area contributed by atoms with Crippen LogP contribution in [-0.4, -0.2) is 26.2 Å². The molecular weight excluding hydrogens is 232 g/mol. The second kappa shape index (κ2) is 6.26. The van der Waals surface area contributed by atoms with E-state index < -0.39 is 0 Å². The lowest BCUT2D eigenvalue weighted by molar-refractivity contribution is -0.116. The number of carbonyl (C=O) groups is 1. The van der Waals surface area contributed by atoms with Crippen molar-refractivity contribution in [3.05, 3.63) is 17.7 Å². The Hall–Kier alpha value is -1.75. The molecule has 100 valence electrons. The number of nitrogens with two attached hydrogens (primary N) is 1. The molecule has 1 atom stereocenters. The summed E-state index contributed by atoms with van der Waals surface area (Å²) in [6.45, 7) is 3.70. The van der Waals surface area contributed by atoms with Crippen molar-refractivity contribution in [3.8, 4) is 11.5 Å². The predicted molar refractivity (Wildman–Crippen MR) is 71.2 cm³/mol. The van der Waals surface area contributed by atoms with E-state index in [0.29, 0.717) is 17.2 Å². The van der Waals surface area contributed by atoms with Crippen molar-refractivity contribution in [1.29, 1.82) is 0 Å². The second-order valence-corrected chi connectivity index (χ2v) is 4.25. The van der Waals surface area contributed by atoms with Gasteiger partial charge in [0.2, 0.25) is 5.91 Å². The van der Waals surface area contributed by atoms with Crippen molar-refractivity contribution in [1.82, 2.24) is 0 Å². The molecule has 5 heteroatoms. The van der Waals surface area contributed by atoms with Gasteiger partial charge < -0.3 is 20.5 Å². The molecule has 1 aromatic carbocycles. The Morgan fingerprint density at radius 1 is 1.33 bits per heavy atom. The normalized spacial score (nSPS) is 11.8. The Morgan fingerprint density at radius 3 is 2.44 bits per heavy atom. The number of nitrogens with one attached hydrogen (secondary N) is 1. The monoisotopic (exact) mass is 252 g/mol. The fraction of sp³-hybridized carbons (Fsp3) is 0.462. The number of anilines is 1. The molecule has 0 spiro atoms. The third-order valence-corrected chi connectivity index (χ3v) is 2.50. The molecule has 1 unspecified atom stereocenters. The van der Waals surface area contributed by atoms with E-state index in [1.165, 1.54) is 0 Å². The second-order valence-electron chi connectivity index (χ2n) is 4.25. The van der Waals surface area contributed by atoms with Crippen LogP contribution in [0.3, 0.4) is 0 Å². The Morgan fingerprint density at radius 2 is 1.94 bits per heavy atom. The minimum absolute atomic E-state index is 0.144. The Balaban J connectivity index is 2.96. The van der Waals surface area contributed by atoms with Crippen LogP contribution in [0.2, 0.25) is 0 Å². The fourth-order valence-electron chi connectivity index (χ4n) is 1.64. The third kappa shape index (κ3) is 3.63. The van der Waals surface area contributed by atoms with Gasteiger partial charge in [-0.3, -0.25) is 4.79 Å². The molecule has 0 aromatic heterocycles. The zero-order valence-electron chi connectivity index (χ0n) is 11.2. The van der Waals surface area contributed by atoms with Crippen molar-refractivity contribution in [2.24, 2.45) is 5.73 Å². The van der Waals surface area contributed by atoms with Crippen molar-refractivity contribution in [2.45, 2.75) is 26.3 Å². The molecule has 1 amide bonds. The summed E-state index contributed by atoms with van der Waals surface area (Å²) in [5, 5.41) is 2.77. The number of hydrogen-bond acceptors (Lipinski definition) is 4. The highest BCUT2D eigenvalue weighted by Crippen LogP contribution is 2.32. The summed E-state index contributed by atoms with van der Waals surface area (Å²) >= 11 is 0. The van der Waals surface area contributed by atoms with Gasteiger partial charge in [0.05, 0.1) is 19.9 Å². The van der Waals surface area contributed by atoms with E-state index in [1.54, 1.807) is 27.2 Å². The molecule has 0 saturated heterocycles. The topological polar surface area (TPSA) is 73.6 Å². The highest BCUT2D eigenvalue weighted by molar-refractivity contribution is 5.93. The van der Waals surface area contributed by atoms with Crippen LogP contribution in [0, 0.1) is 6.92 Å². The summed E-state index contributed by atoms with van der Waals surface area (Å²) in [4.78, 5) is 11.7. The van der Waals surface area contributed by atoms with Crippen LogP contribution in [0.25, 0.3) is 0 Å². The Bertz CT molecular complexity index is 430. The van der Waals surface area contributed by atoms with E-state index in [2.05, 4.69) is 5.32 Å². The van der Waals surface area contributed by atoms with Crippen LogP contribution in [0.15, 0.2) is 12.1 Å². The summed E-state index contributed by atoms with van der Waals surface area (Å²) in [5.74, 6) is 1.16. The van der Waals surface area contributed by atoms with E-state index >= 15 is 0 Å². The van der Waals surface area contributed by atoms with E-state index in [-0.39, 0.29) is 18.4 Å². The van der Waals surface area contributed by atoms with Crippen LogP contribution in [-0.2, 0) is 4.79 Å². The molecule has 0 radical (unpaired) electrons. The summed E-state index contributed by atoms with van der Waals surface area (Å²) in [6.07, 6.45) is 0.263. The first kappa shape index (κ1) is 14.3. The van der Waals surface area contributed by atoms with Gasteiger partial charge in [0, 0.05) is 18.5 Å². The first-order valence-corrected chi connectivity index (χ1v) is 5.76. The van der Waals surface area contributed by atoms with Gasteiger partial charge in [0.25, 0.3) is 0 Å². The van der Waals surface area contributed by atoms with Gasteiger partial charge in [0.1, 0.15) is 11.5 Å². The SMILES string of the molecule is COc1cc(NC(=O)CC(C)N)c(OC)cc1C. The summed E-state index contributed by atoms with van der Waals surface area (Å²) in [5.41, 5.74) is 7.11. The standard InChI is InChI=1S/C13H20N2O3/c1-8-5-12(18-4)10(7-11(8)17-3)15-13(16)6-9(2)14/h5,7,9H,6,14H2,1-4H3,(H,15,16). The number of amides is 1. The molecule has 1 rings (SSSR count). The molecule has 18 heavy (non-hydrogen) atoms. The minimum Gasteiger partial charge on any atom is -0.496 e. The van der Waals surface area contributed by atoms with Crippen molar-refractivity contribution < 1.29 is 14.3 Å². The first-order valence-electron chi connectivity index (χ1n) is 5.76. The average Bonchev–Trinajstić information content (AvgIpc) is 2.29. The van der Waals surface area contributed by atoms with Crippen molar-refractivity contribution >= 4 is 11.6 Å². The number of carbonyl (C=O) groups excluding carboxylic acids is 1. The average molecular weight is 252 g/mol. The van der Waals surface area contributed by atoms with Crippen LogP contribution in [0.4, 0.5) is 5.69 Å². The molecule has 0 aliphatic carbocycles. The van der Waals surface area contributed by atoms with Gasteiger partial charge in [-0.25, -0.2) is 0 Å². The number of rotatable bonds is 5. The van der Waals surface area contributed by atoms with Gasteiger partial charge in [-0.1, -0.05) is 0 Å². The molecule has 0 aliphatic heterocycles. The Labute approximate surface area is 107 Å². The highest BCUT2D eigenvalue weighted by Gasteiger charge is 2.12. The maximum atomic E-state index is 11.7. The smallest absolute Gasteiger partial charge is 0.226 e. The van der Waals surface area contributed by atoms with E-state index in [1.807, 2.05) is 13.0 Å². The maximum Gasteiger partial charge on any atom is 0.226 e. The van der Waals surface area contributed by atoms with Gasteiger partial charge in [0.15, 0.2) is 0 Å². The van der Waals surface area contributed by atoms with Crippen molar-refractivity contribution in [3.63, 3.8) is 0 Å². The zero-order valence-corrected chi connectivity index (χ0v) is 11.2. The Kier molecular flexibility index (Phi) is 4.97. The maximum absolute atomic E-state index is 11.7. The first-order chi connectivity index (χ1) is 8.47. The molecule has 1 aromatic rings. The lowest BCUT2D eigenvalue weighted by Gasteiger charge is -2.14. The molecule has 0 heterocycles. The van der Waals surface area contributed by atoms with Crippen molar-refractivity contribution in [2.75, 3.05) is 19.5 Å². The van der Waals surface area contributed by atoms with Gasteiger partial charge in [-0.2, -0.15) is 0 Å². The van der Waals surface area contributed by atoms with Gasteiger partial charge >= 0.3 is 0 Å². The minimum atomic E-state index is -0.177. The predicted octanol–water partition coefficient (Wildman–Crippen LogP) is 1.69. The van der Waals surface area contributed by atoms with Crippen LogP contribution in [0.5, 0.6) is 11.5 Å². The molecular formula is C13H20N2O3. The molecule has 3 N–H and O–H groups in total. The number of ether oxygens (including phenoxy) is 2. The summed E-state index contributed by atoms with van der Waals surface area (Å²) < 4.78 is 10.4. The van der Waals surface area contributed by atoms with Crippen LogP contribution < -0.4 is 20.5 Å². The van der Waals surface area contributed by atoms with E-state index in [4.69, 9.17) is 15.2 Å². The van der Waals surface area contributed by atoms with E-state index in [9.17, 15) is 4.79 Å². The lowest BCUT2D eigenvalue weighted by Crippen LogP contribution is -2.24. The lowest BCUT2D eigenvalue weighted by atomic mass is 10.1. The number of methoxy groups -OCH3 is 2. The van der Waals surface area contributed by atoms with Crippen LogP contribution in [0.1, 0.15) is 18.9 Å². The zero-order chi connectivity index (χ0) is 13.7. The van der Waals surface area contributed by atoms with Crippen LogP contribution >= 0.6 is 0 Å². The summed E-state index contributed by atoms with van der Waals surface area (Å²) in [6, 6.07) is 3.39. The molecule has 0 fully saturated rings. The largest absolute Gasteiger partial charge is 0.496 e. The molecule has 0 aliphatic rings. The van der Waals surface area contributed by atoms with E-state index in [0.717, 1.165) is 5.56 Å². The molecule has 0 saturated carbocycles. The quantitative estimate of drug-likeness (QED) is 0.836.